The van der Waals surface area contributed by atoms with Crippen molar-refractivity contribution in [3.8, 4) is 0 Å². The molecule has 0 aliphatic carbocycles. The van der Waals surface area contributed by atoms with Crippen LogP contribution >= 0.6 is 23.2 Å². The molecule has 112 valence electrons. The highest BCUT2D eigenvalue weighted by Gasteiger charge is 2.15. The molecule has 2 aromatic carbocycles. The molecule has 1 heterocycles. The molecule has 1 amide bonds. The van der Waals surface area contributed by atoms with Gasteiger partial charge in [0.25, 0.3) is 5.91 Å². The van der Waals surface area contributed by atoms with Crippen LogP contribution in [0.4, 0.5) is 10.1 Å². The molecule has 0 unspecified atom stereocenters. The van der Waals surface area contributed by atoms with Gasteiger partial charge in [0.1, 0.15) is 11.5 Å². The van der Waals surface area contributed by atoms with Crippen LogP contribution in [-0.4, -0.2) is 10.5 Å². The van der Waals surface area contributed by atoms with E-state index in [1.54, 1.807) is 41.9 Å². The zero-order valence-corrected chi connectivity index (χ0v) is 13.0. The Balaban J connectivity index is 1.99. The second-order valence-corrected chi connectivity index (χ2v) is 5.75. The quantitative estimate of drug-likeness (QED) is 0.711. The zero-order valence-electron chi connectivity index (χ0n) is 11.5. The Bertz CT molecular complexity index is 869. The summed E-state index contributed by atoms with van der Waals surface area (Å²) >= 11 is 11.8. The van der Waals surface area contributed by atoms with E-state index in [1.807, 2.05) is 0 Å². The van der Waals surface area contributed by atoms with Crippen molar-refractivity contribution < 1.29 is 9.18 Å². The minimum atomic E-state index is -0.364. The fraction of sp³-hybridized carbons (Fsp3) is 0.0625. The van der Waals surface area contributed by atoms with Crippen LogP contribution in [0.1, 0.15) is 10.5 Å². The van der Waals surface area contributed by atoms with Gasteiger partial charge in [-0.1, -0.05) is 29.3 Å². The van der Waals surface area contributed by atoms with Gasteiger partial charge in [-0.2, -0.15) is 0 Å². The molecule has 0 spiro atoms. The lowest BCUT2D eigenvalue weighted by atomic mass is 10.2. The van der Waals surface area contributed by atoms with Crippen molar-refractivity contribution in [2.45, 2.75) is 0 Å². The van der Waals surface area contributed by atoms with Crippen molar-refractivity contribution in [2.24, 2.45) is 7.05 Å². The normalized spacial score (nSPS) is 10.9. The average molecular weight is 337 g/mol. The number of halogens is 3. The summed E-state index contributed by atoms with van der Waals surface area (Å²) in [5, 5.41) is 3.96. The number of hydrogen-bond acceptors (Lipinski definition) is 1. The van der Waals surface area contributed by atoms with Crippen LogP contribution in [0.25, 0.3) is 10.9 Å². The molecule has 3 rings (SSSR count). The number of carbonyl (C=O) groups excluding carboxylic acids is 1. The topological polar surface area (TPSA) is 34.0 Å². The Morgan fingerprint density at radius 2 is 1.82 bits per heavy atom. The Hall–Kier alpha value is -2.04. The van der Waals surface area contributed by atoms with Crippen LogP contribution in [-0.2, 0) is 7.05 Å². The molecule has 0 radical (unpaired) electrons. The summed E-state index contributed by atoms with van der Waals surface area (Å²) in [6.45, 7) is 0. The molecular formula is C16H11Cl2FN2O. The fourth-order valence-corrected chi connectivity index (χ4v) is 2.89. The lowest BCUT2D eigenvalue weighted by Gasteiger charge is -2.07. The van der Waals surface area contributed by atoms with Gasteiger partial charge in [-0.05, 0) is 36.4 Å². The van der Waals surface area contributed by atoms with Gasteiger partial charge in [-0.15, -0.1) is 0 Å². The number of amides is 1. The third kappa shape index (κ3) is 2.67. The first kappa shape index (κ1) is 14.9. The van der Waals surface area contributed by atoms with Crippen LogP contribution in [0, 0.1) is 5.82 Å². The van der Waals surface area contributed by atoms with E-state index in [-0.39, 0.29) is 11.7 Å². The number of hydrogen-bond donors (Lipinski definition) is 1. The van der Waals surface area contributed by atoms with Gasteiger partial charge in [0.15, 0.2) is 0 Å². The zero-order chi connectivity index (χ0) is 15.9. The fourth-order valence-electron chi connectivity index (χ4n) is 2.36. The SMILES string of the molecule is Cn1c(C(=O)Nc2cc(Cl)cc(Cl)c2)cc2c(F)cccc21. The molecule has 0 aliphatic heterocycles. The number of rotatable bonds is 2. The highest BCUT2D eigenvalue weighted by Crippen LogP contribution is 2.25. The van der Waals surface area contributed by atoms with Gasteiger partial charge in [-0.25, -0.2) is 4.39 Å². The molecule has 1 N–H and O–H groups in total. The molecule has 0 atom stereocenters. The van der Waals surface area contributed by atoms with Crippen molar-refractivity contribution in [3.05, 3.63) is 64.0 Å². The van der Waals surface area contributed by atoms with Crippen LogP contribution in [0.2, 0.25) is 10.0 Å². The lowest BCUT2D eigenvalue weighted by Crippen LogP contribution is -2.15. The first-order valence-corrected chi connectivity index (χ1v) is 7.22. The molecule has 1 aromatic heterocycles. The van der Waals surface area contributed by atoms with E-state index in [1.165, 1.54) is 12.1 Å². The number of anilines is 1. The first-order chi connectivity index (χ1) is 10.5. The van der Waals surface area contributed by atoms with E-state index in [9.17, 15) is 9.18 Å². The van der Waals surface area contributed by atoms with Gasteiger partial charge in [0, 0.05) is 28.2 Å². The van der Waals surface area contributed by atoms with Gasteiger partial charge in [-0.3, -0.25) is 4.79 Å². The van der Waals surface area contributed by atoms with Gasteiger partial charge >= 0.3 is 0 Å². The first-order valence-electron chi connectivity index (χ1n) is 6.47. The maximum atomic E-state index is 13.8. The Morgan fingerprint density at radius 1 is 1.14 bits per heavy atom. The van der Waals surface area contributed by atoms with Crippen molar-refractivity contribution in [1.29, 1.82) is 0 Å². The second kappa shape index (κ2) is 5.63. The van der Waals surface area contributed by atoms with Crippen LogP contribution < -0.4 is 5.32 Å². The van der Waals surface area contributed by atoms with Gasteiger partial charge < -0.3 is 9.88 Å². The minimum Gasteiger partial charge on any atom is -0.340 e. The Kier molecular flexibility index (Phi) is 3.81. The molecule has 3 aromatic rings. The van der Waals surface area contributed by atoms with Crippen molar-refractivity contribution in [2.75, 3.05) is 5.32 Å². The maximum Gasteiger partial charge on any atom is 0.272 e. The Morgan fingerprint density at radius 3 is 2.45 bits per heavy atom. The van der Waals surface area contributed by atoms with Gasteiger partial charge in [0.05, 0.1) is 5.52 Å². The predicted octanol–water partition coefficient (Wildman–Crippen LogP) is 4.88. The lowest BCUT2D eigenvalue weighted by molar-refractivity contribution is 0.102. The van der Waals surface area contributed by atoms with Crippen LogP contribution in [0.3, 0.4) is 0 Å². The molecule has 0 saturated heterocycles. The standard InChI is InChI=1S/C16H11Cl2FN2O/c1-21-14-4-2-3-13(19)12(14)8-15(21)16(22)20-11-6-9(17)5-10(18)7-11/h2-8H,1H3,(H,20,22). The van der Waals surface area contributed by atoms with Crippen LogP contribution in [0.15, 0.2) is 42.5 Å². The predicted molar refractivity (Wildman–Crippen MR) is 87.3 cm³/mol. The summed E-state index contributed by atoms with van der Waals surface area (Å²) in [7, 11) is 1.71. The molecule has 3 nitrogen and oxygen atoms in total. The molecule has 0 aliphatic rings. The summed E-state index contributed by atoms with van der Waals surface area (Å²) in [6.07, 6.45) is 0. The molecule has 0 bridgehead atoms. The van der Waals surface area contributed by atoms with E-state index in [0.717, 1.165) is 0 Å². The van der Waals surface area contributed by atoms with E-state index < -0.39 is 0 Å². The minimum absolute atomic E-state index is 0.344. The highest BCUT2D eigenvalue weighted by atomic mass is 35.5. The number of fused-ring (bicyclic) bond motifs is 1. The number of nitrogens with zero attached hydrogens (tertiary/aromatic N) is 1. The van der Waals surface area contributed by atoms with Crippen molar-refractivity contribution in [1.82, 2.24) is 4.57 Å². The molecular weight excluding hydrogens is 326 g/mol. The third-order valence-corrected chi connectivity index (χ3v) is 3.82. The summed E-state index contributed by atoms with van der Waals surface area (Å²) < 4.78 is 15.4. The molecule has 6 heteroatoms. The number of carbonyl (C=O) groups is 1. The van der Waals surface area contributed by atoms with Crippen molar-refractivity contribution in [3.63, 3.8) is 0 Å². The van der Waals surface area contributed by atoms with Gasteiger partial charge in [0.2, 0.25) is 0 Å². The maximum absolute atomic E-state index is 13.8. The largest absolute Gasteiger partial charge is 0.340 e. The monoisotopic (exact) mass is 336 g/mol. The second-order valence-electron chi connectivity index (χ2n) is 4.87. The summed E-state index contributed by atoms with van der Waals surface area (Å²) in [6, 6.07) is 11.0. The van der Waals surface area contributed by atoms with E-state index in [4.69, 9.17) is 23.2 Å². The van der Waals surface area contributed by atoms with E-state index in [2.05, 4.69) is 5.32 Å². The summed E-state index contributed by atoms with van der Waals surface area (Å²) in [4.78, 5) is 12.4. The third-order valence-electron chi connectivity index (χ3n) is 3.39. The number of aromatic nitrogens is 1. The molecule has 22 heavy (non-hydrogen) atoms. The highest BCUT2D eigenvalue weighted by molar-refractivity contribution is 6.35. The Labute approximate surface area is 136 Å². The van der Waals surface area contributed by atoms with Crippen LogP contribution in [0.5, 0.6) is 0 Å². The summed E-state index contributed by atoms with van der Waals surface area (Å²) in [5.74, 6) is -0.727. The average Bonchev–Trinajstić information content (AvgIpc) is 2.77. The van der Waals surface area contributed by atoms with E-state index >= 15 is 0 Å². The summed E-state index contributed by atoms with van der Waals surface area (Å²) in [5.41, 5.74) is 1.47. The molecule has 0 fully saturated rings. The van der Waals surface area contributed by atoms with Crippen molar-refractivity contribution >= 4 is 45.7 Å². The van der Waals surface area contributed by atoms with E-state index in [0.29, 0.717) is 32.3 Å². The number of benzene rings is 2. The number of aryl methyl sites for hydroxylation is 1. The number of nitrogens with one attached hydrogen (secondary N) is 1. The smallest absolute Gasteiger partial charge is 0.272 e. The molecule has 0 saturated carbocycles.